The maximum absolute atomic E-state index is 11.9. The summed E-state index contributed by atoms with van der Waals surface area (Å²) in [4.78, 5) is 19.4. The molecule has 3 rings (SSSR count). The van der Waals surface area contributed by atoms with Crippen LogP contribution in [0.15, 0.2) is 41.0 Å². The van der Waals surface area contributed by atoms with Gasteiger partial charge in [0.1, 0.15) is 0 Å². The number of carbonyl (C=O) groups excluding carboxylic acids is 1. The molecule has 0 aliphatic rings. The van der Waals surface area contributed by atoms with E-state index in [1.165, 1.54) is 24.7 Å². The molecule has 2 heterocycles. The van der Waals surface area contributed by atoms with Crippen molar-refractivity contribution >= 4 is 22.9 Å². The van der Waals surface area contributed by atoms with E-state index in [9.17, 15) is 4.79 Å². The van der Waals surface area contributed by atoms with Gasteiger partial charge in [0.25, 0.3) is 5.91 Å². The molecule has 0 aliphatic carbocycles. The van der Waals surface area contributed by atoms with Gasteiger partial charge in [0.15, 0.2) is 5.76 Å². The fourth-order valence-corrected chi connectivity index (χ4v) is 2.23. The molecule has 2 aromatic heterocycles. The van der Waals surface area contributed by atoms with E-state index in [-0.39, 0.29) is 11.7 Å². The van der Waals surface area contributed by atoms with Gasteiger partial charge < -0.3 is 9.40 Å². The van der Waals surface area contributed by atoms with Crippen LogP contribution >= 0.6 is 0 Å². The number of nitrogens with zero attached hydrogens (tertiary/aromatic N) is 1. The minimum Gasteiger partial charge on any atom is -0.459 e. The lowest BCUT2D eigenvalue weighted by Crippen LogP contribution is -2.11. The van der Waals surface area contributed by atoms with Crippen molar-refractivity contribution in [2.45, 2.75) is 26.2 Å². The Morgan fingerprint density at radius 3 is 3.05 bits per heavy atom. The van der Waals surface area contributed by atoms with Gasteiger partial charge in [-0.15, -0.1) is 0 Å². The number of amides is 1. The first-order valence-electron chi connectivity index (χ1n) is 7.10. The number of anilines is 1. The monoisotopic (exact) mass is 283 g/mol. The van der Waals surface area contributed by atoms with Crippen LogP contribution < -0.4 is 5.32 Å². The minimum atomic E-state index is -0.315. The van der Waals surface area contributed by atoms with Crippen molar-refractivity contribution in [1.82, 2.24) is 9.97 Å². The van der Waals surface area contributed by atoms with Crippen molar-refractivity contribution in [3.05, 3.63) is 47.9 Å². The molecule has 0 fully saturated rings. The molecule has 0 radical (unpaired) electrons. The molecule has 108 valence electrons. The van der Waals surface area contributed by atoms with Crippen LogP contribution in [0.3, 0.4) is 0 Å². The molecule has 2 N–H and O–H groups in total. The Kier molecular flexibility index (Phi) is 3.73. The molecule has 0 spiro atoms. The summed E-state index contributed by atoms with van der Waals surface area (Å²) in [6.45, 7) is 2.18. The van der Waals surface area contributed by atoms with Crippen LogP contribution in [-0.4, -0.2) is 15.9 Å². The number of carbonyl (C=O) groups is 1. The number of hydrogen-bond donors (Lipinski definition) is 2. The van der Waals surface area contributed by atoms with Gasteiger partial charge in [0.05, 0.1) is 17.3 Å². The first-order valence-corrected chi connectivity index (χ1v) is 7.10. The van der Waals surface area contributed by atoms with Gasteiger partial charge in [-0.1, -0.05) is 19.4 Å². The third kappa shape index (κ3) is 2.97. The molecule has 0 bridgehead atoms. The number of imidazole rings is 1. The lowest BCUT2D eigenvalue weighted by Gasteiger charge is -1.98. The summed E-state index contributed by atoms with van der Waals surface area (Å²) in [7, 11) is 0. The lowest BCUT2D eigenvalue weighted by atomic mass is 10.1. The van der Waals surface area contributed by atoms with Crippen molar-refractivity contribution in [2.75, 3.05) is 5.32 Å². The molecule has 0 unspecified atom stereocenters. The number of hydrogen-bond acceptors (Lipinski definition) is 3. The quantitative estimate of drug-likeness (QED) is 0.749. The van der Waals surface area contributed by atoms with E-state index in [0.29, 0.717) is 5.95 Å². The predicted molar refractivity (Wildman–Crippen MR) is 81.4 cm³/mol. The summed E-state index contributed by atoms with van der Waals surface area (Å²) in [5.74, 6) is 0.378. The van der Waals surface area contributed by atoms with Crippen LogP contribution in [-0.2, 0) is 6.42 Å². The van der Waals surface area contributed by atoms with E-state index >= 15 is 0 Å². The lowest BCUT2D eigenvalue weighted by molar-refractivity contribution is 0.0996. The first-order chi connectivity index (χ1) is 10.3. The van der Waals surface area contributed by atoms with Crippen molar-refractivity contribution in [2.24, 2.45) is 0 Å². The number of aromatic amines is 1. The van der Waals surface area contributed by atoms with Gasteiger partial charge in [-0.05, 0) is 42.7 Å². The zero-order valence-corrected chi connectivity index (χ0v) is 11.8. The largest absolute Gasteiger partial charge is 0.459 e. The Morgan fingerprint density at radius 2 is 2.29 bits per heavy atom. The minimum absolute atomic E-state index is 0.263. The Morgan fingerprint density at radius 1 is 1.38 bits per heavy atom. The molecule has 0 saturated carbocycles. The standard InChI is InChI=1S/C16H17N3O2/c1-2-3-5-11-7-8-12-13(10-11)18-16(17-12)19-15(20)14-6-4-9-21-14/h4,6-10H,2-3,5H2,1H3,(H2,17,18,19,20). The van der Waals surface area contributed by atoms with E-state index in [4.69, 9.17) is 4.42 Å². The van der Waals surface area contributed by atoms with E-state index in [2.05, 4.69) is 34.3 Å². The number of furan rings is 1. The first kappa shape index (κ1) is 13.4. The van der Waals surface area contributed by atoms with Crippen LogP contribution in [0.1, 0.15) is 35.9 Å². The Balaban J connectivity index is 1.79. The van der Waals surface area contributed by atoms with Gasteiger partial charge >= 0.3 is 0 Å². The van der Waals surface area contributed by atoms with Gasteiger partial charge in [-0.25, -0.2) is 4.98 Å². The highest BCUT2D eigenvalue weighted by Crippen LogP contribution is 2.18. The summed E-state index contributed by atoms with van der Waals surface area (Å²) in [6, 6.07) is 9.42. The summed E-state index contributed by atoms with van der Waals surface area (Å²) in [5, 5.41) is 2.70. The zero-order chi connectivity index (χ0) is 14.7. The molecule has 0 atom stereocenters. The van der Waals surface area contributed by atoms with Crippen molar-refractivity contribution in [3.63, 3.8) is 0 Å². The number of H-pyrrole nitrogens is 1. The van der Waals surface area contributed by atoms with Crippen molar-refractivity contribution in [3.8, 4) is 0 Å². The highest BCUT2D eigenvalue weighted by molar-refractivity contribution is 6.01. The second-order valence-electron chi connectivity index (χ2n) is 4.97. The van der Waals surface area contributed by atoms with Crippen LogP contribution in [0, 0.1) is 0 Å². The third-order valence-corrected chi connectivity index (χ3v) is 3.34. The number of unbranched alkanes of at least 4 members (excludes halogenated alkanes) is 1. The van der Waals surface area contributed by atoms with Crippen molar-refractivity contribution in [1.29, 1.82) is 0 Å². The van der Waals surface area contributed by atoms with Gasteiger partial charge in [0, 0.05) is 0 Å². The second-order valence-corrected chi connectivity index (χ2v) is 4.97. The number of nitrogens with one attached hydrogen (secondary N) is 2. The number of rotatable bonds is 5. The Hall–Kier alpha value is -2.56. The molecule has 1 amide bonds. The normalized spacial score (nSPS) is 10.9. The Bertz CT molecular complexity index is 744. The predicted octanol–water partition coefficient (Wildman–Crippen LogP) is 3.75. The topological polar surface area (TPSA) is 70.9 Å². The Labute approximate surface area is 122 Å². The van der Waals surface area contributed by atoms with E-state index in [1.807, 2.05) is 6.07 Å². The molecule has 5 heteroatoms. The summed E-state index contributed by atoms with van der Waals surface area (Å²) >= 11 is 0. The third-order valence-electron chi connectivity index (χ3n) is 3.34. The van der Waals surface area contributed by atoms with Crippen LogP contribution in [0.25, 0.3) is 11.0 Å². The van der Waals surface area contributed by atoms with Crippen LogP contribution in [0.2, 0.25) is 0 Å². The van der Waals surface area contributed by atoms with E-state index < -0.39 is 0 Å². The summed E-state index contributed by atoms with van der Waals surface area (Å²) in [6.07, 6.45) is 4.86. The molecule has 0 aliphatic heterocycles. The molecular formula is C16H17N3O2. The molecule has 5 nitrogen and oxygen atoms in total. The molecule has 21 heavy (non-hydrogen) atoms. The number of fused-ring (bicyclic) bond motifs is 1. The maximum Gasteiger partial charge on any atom is 0.293 e. The van der Waals surface area contributed by atoms with Crippen LogP contribution in [0.5, 0.6) is 0 Å². The molecule has 3 aromatic rings. The van der Waals surface area contributed by atoms with Crippen molar-refractivity contribution < 1.29 is 9.21 Å². The summed E-state index contributed by atoms with van der Waals surface area (Å²) in [5.41, 5.74) is 3.04. The zero-order valence-electron chi connectivity index (χ0n) is 11.8. The number of aryl methyl sites for hydroxylation is 1. The van der Waals surface area contributed by atoms with E-state index in [0.717, 1.165) is 17.5 Å². The average molecular weight is 283 g/mol. The van der Waals surface area contributed by atoms with E-state index in [1.54, 1.807) is 12.1 Å². The second kappa shape index (κ2) is 5.83. The molecular weight excluding hydrogens is 266 g/mol. The number of benzene rings is 1. The molecule has 1 aromatic carbocycles. The SMILES string of the molecule is CCCCc1ccc2nc(NC(=O)c3ccco3)[nH]c2c1. The average Bonchev–Trinajstić information content (AvgIpc) is 3.13. The van der Waals surface area contributed by atoms with Crippen LogP contribution in [0.4, 0.5) is 5.95 Å². The fourth-order valence-electron chi connectivity index (χ4n) is 2.23. The van der Waals surface area contributed by atoms with Gasteiger partial charge in [-0.3, -0.25) is 10.1 Å². The van der Waals surface area contributed by atoms with Gasteiger partial charge in [0.2, 0.25) is 5.95 Å². The summed E-state index contributed by atoms with van der Waals surface area (Å²) < 4.78 is 5.05. The van der Waals surface area contributed by atoms with Gasteiger partial charge in [-0.2, -0.15) is 0 Å². The number of aromatic nitrogens is 2. The highest BCUT2D eigenvalue weighted by Gasteiger charge is 2.11. The highest BCUT2D eigenvalue weighted by atomic mass is 16.3. The maximum atomic E-state index is 11.9. The smallest absolute Gasteiger partial charge is 0.293 e. The fraction of sp³-hybridized carbons (Fsp3) is 0.250. The molecule has 0 saturated heterocycles.